The molecule has 0 aromatic heterocycles. The van der Waals surface area contributed by atoms with Gasteiger partial charge in [0, 0.05) is 74.3 Å². The standard InChI is InChI=1S/C28H36N4O6/c1-17-21(15-31-9-12-38-13-10-31)27(36)26(35)20(25(17)34)14-30-23-7-4-6-19-22(23)16-32(28(19)37)24(8-5-11-33)18(2)29-3/h4,6-7,11,24,29-30,34-36H,2,5,8-10,12-16H2,1,3H3. The normalized spacial score (nSPS) is 16.3. The number of ether oxygens (including phenoxy) is 1. The molecule has 0 aliphatic carbocycles. The van der Waals surface area contributed by atoms with Gasteiger partial charge in [-0.2, -0.15) is 0 Å². The third-order valence-electron chi connectivity index (χ3n) is 7.48. The monoisotopic (exact) mass is 524 g/mol. The summed E-state index contributed by atoms with van der Waals surface area (Å²) in [4.78, 5) is 28.1. The number of anilines is 1. The smallest absolute Gasteiger partial charge is 0.255 e. The van der Waals surface area contributed by atoms with Crippen molar-refractivity contribution in [3.63, 3.8) is 0 Å². The van der Waals surface area contributed by atoms with Crippen molar-refractivity contribution in [2.24, 2.45) is 0 Å². The highest BCUT2D eigenvalue weighted by atomic mass is 16.5. The predicted molar refractivity (Wildman–Crippen MR) is 143 cm³/mol. The number of nitrogens with one attached hydrogen (secondary N) is 2. The van der Waals surface area contributed by atoms with Gasteiger partial charge in [-0.25, -0.2) is 0 Å². The van der Waals surface area contributed by atoms with E-state index < -0.39 is 0 Å². The summed E-state index contributed by atoms with van der Waals surface area (Å²) in [5.41, 5.74) is 3.82. The number of phenols is 3. The Morgan fingerprint density at radius 3 is 2.55 bits per heavy atom. The highest BCUT2D eigenvalue weighted by Crippen LogP contribution is 2.43. The number of carbonyl (C=O) groups excluding carboxylic acids is 2. The summed E-state index contributed by atoms with van der Waals surface area (Å²) in [6.45, 7) is 9.10. The zero-order chi connectivity index (χ0) is 27.4. The summed E-state index contributed by atoms with van der Waals surface area (Å²) in [6.07, 6.45) is 1.60. The van der Waals surface area contributed by atoms with E-state index in [0.717, 1.165) is 11.8 Å². The van der Waals surface area contributed by atoms with E-state index in [2.05, 4.69) is 22.1 Å². The molecule has 1 amide bonds. The second-order valence-electron chi connectivity index (χ2n) is 9.67. The number of hydrogen-bond donors (Lipinski definition) is 5. The maximum atomic E-state index is 13.3. The summed E-state index contributed by atoms with van der Waals surface area (Å²) >= 11 is 0. The zero-order valence-corrected chi connectivity index (χ0v) is 21.9. The Balaban J connectivity index is 1.56. The summed E-state index contributed by atoms with van der Waals surface area (Å²) in [6, 6.07) is 5.01. The molecule has 2 heterocycles. The number of nitrogens with zero attached hydrogens (tertiary/aromatic N) is 2. The van der Waals surface area contributed by atoms with Gasteiger partial charge in [0.1, 0.15) is 12.0 Å². The number of carbonyl (C=O) groups is 2. The number of phenolic OH excluding ortho intramolecular Hbond substituents is 3. The Labute approximate surface area is 222 Å². The van der Waals surface area contributed by atoms with Crippen LogP contribution in [0.15, 0.2) is 30.5 Å². The second kappa shape index (κ2) is 11.7. The zero-order valence-electron chi connectivity index (χ0n) is 21.9. The SMILES string of the molecule is C=C(NC)C(CCC=O)N1Cc2c(NCc3c(O)c(C)c(CN4CCOCC4)c(O)c3O)cccc2C1=O. The van der Waals surface area contributed by atoms with Crippen molar-refractivity contribution < 1.29 is 29.6 Å². The molecule has 1 saturated heterocycles. The van der Waals surface area contributed by atoms with E-state index in [1.807, 2.05) is 6.07 Å². The molecule has 2 aliphatic heterocycles. The molecule has 2 aromatic rings. The van der Waals surface area contributed by atoms with Gasteiger partial charge in [-0.15, -0.1) is 0 Å². The van der Waals surface area contributed by atoms with Gasteiger partial charge in [0.05, 0.1) is 24.8 Å². The minimum absolute atomic E-state index is 0.0341. The van der Waals surface area contributed by atoms with Crippen molar-refractivity contribution in [2.75, 3.05) is 38.7 Å². The van der Waals surface area contributed by atoms with Crippen LogP contribution in [0.2, 0.25) is 0 Å². The maximum Gasteiger partial charge on any atom is 0.255 e. The summed E-state index contributed by atoms with van der Waals surface area (Å²) in [5, 5.41) is 38.8. The molecule has 2 aliphatic rings. The van der Waals surface area contributed by atoms with E-state index in [4.69, 9.17) is 4.74 Å². The lowest BCUT2D eigenvalue weighted by Gasteiger charge is -2.29. The van der Waals surface area contributed by atoms with Crippen LogP contribution in [-0.2, 0) is 29.2 Å². The quantitative estimate of drug-likeness (QED) is 0.171. The predicted octanol–water partition coefficient (Wildman–Crippen LogP) is 2.59. The Morgan fingerprint density at radius 1 is 1.16 bits per heavy atom. The lowest BCUT2D eigenvalue weighted by Crippen LogP contribution is -2.40. The molecule has 10 heteroatoms. The number of likely N-dealkylation sites (N-methyl/N-ethyl adjacent to an activating group) is 1. The molecule has 2 aromatic carbocycles. The minimum atomic E-state index is -0.367. The fraction of sp³-hybridized carbons (Fsp3) is 0.429. The lowest BCUT2D eigenvalue weighted by molar-refractivity contribution is -0.108. The molecule has 1 unspecified atom stereocenters. The van der Waals surface area contributed by atoms with Gasteiger partial charge in [-0.05, 0) is 31.0 Å². The van der Waals surface area contributed by atoms with Crippen LogP contribution in [-0.4, -0.2) is 76.7 Å². The average molecular weight is 525 g/mol. The van der Waals surface area contributed by atoms with Gasteiger partial charge in [-0.3, -0.25) is 9.69 Å². The maximum absolute atomic E-state index is 13.3. The number of fused-ring (bicyclic) bond motifs is 1. The third kappa shape index (κ3) is 5.27. The fourth-order valence-electron chi connectivity index (χ4n) is 5.15. The Hall–Kier alpha value is -3.76. The first-order chi connectivity index (χ1) is 18.3. The highest BCUT2D eigenvalue weighted by molar-refractivity contribution is 6.00. The summed E-state index contributed by atoms with van der Waals surface area (Å²) in [7, 11) is 1.74. The van der Waals surface area contributed by atoms with Crippen LogP contribution in [0.5, 0.6) is 17.2 Å². The van der Waals surface area contributed by atoms with Crippen molar-refractivity contribution in [1.29, 1.82) is 0 Å². The van der Waals surface area contributed by atoms with E-state index >= 15 is 0 Å². The Morgan fingerprint density at radius 2 is 1.87 bits per heavy atom. The first-order valence-electron chi connectivity index (χ1n) is 12.8. The van der Waals surface area contributed by atoms with Crippen LogP contribution in [0, 0.1) is 6.92 Å². The van der Waals surface area contributed by atoms with Crippen LogP contribution >= 0.6 is 0 Å². The molecule has 1 atom stereocenters. The first-order valence-corrected chi connectivity index (χ1v) is 12.8. The molecular formula is C28H36N4O6. The molecule has 4 rings (SSSR count). The van der Waals surface area contributed by atoms with Crippen molar-refractivity contribution >= 4 is 17.9 Å². The number of morpholine rings is 1. The summed E-state index contributed by atoms with van der Waals surface area (Å²) in [5.74, 6) is -0.844. The molecule has 1 fully saturated rings. The van der Waals surface area contributed by atoms with Gasteiger partial charge < -0.3 is 40.4 Å². The van der Waals surface area contributed by atoms with Crippen molar-refractivity contribution in [2.45, 2.75) is 45.4 Å². The van der Waals surface area contributed by atoms with Crippen molar-refractivity contribution in [3.05, 3.63) is 58.3 Å². The van der Waals surface area contributed by atoms with Crippen LogP contribution in [0.3, 0.4) is 0 Å². The van der Waals surface area contributed by atoms with E-state index in [0.29, 0.717) is 80.3 Å². The molecule has 0 saturated carbocycles. The molecule has 5 N–H and O–H groups in total. The molecule has 0 spiro atoms. The minimum Gasteiger partial charge on any atom is -0.507 e. The van der Waals surface area contributed by atoms with Gasteiger partial charge in [0.15, 0.2) is 11.5 Å². The molecule has 204 valence electrons. The van der Waals surface area contributed by atoms with Gasteiger partial charge in [0.2, 0.25) is 0 Å². The second-order valence-corrected chi connectivity index (χ2v) is 9.67. The first kappa shape index (κ1) is 27.3. The number of benzene rings is 2. The number of aromatic hydroxyl groups is 3. The third-order valence-corrected chi connectivity index (χ3v) is 7.48. The molecule has 0 radical (unpaired) electrons. The Kier molecular flexibility index (Phi) is 8.43. The molecule has 0 bridgehead atoms. The van der Waals surface area contributed by atoms with Crippen LogP contribution in [0.4, 0.5) is 5.69 Å². The van der Waals surface area contributed by atoms with Crippen LogP contribution in [0.25, 0.3) is 0 Å². The molecule has 38 heavy (non-hydrogen) atoms. The lowest BCUT2D eigenvalue weighted by atomic mass is 9.99. The summed E-state index contributed by atoms with van der Waals surface area (Å²) < 4.78 is 5.37. The van der Waals surface area contributed by atoms with Crippen LogP contribution < -0.4 is 10.6 Å². The van der Waals surface area contributed by atoms with Gasteiger partial charge in [-0.1, -0.05) is 12.6 Å². The topological polar surface area (TPSA) is 135 Å². The van der Waals surface area contributed by atoms with E-state index in [9.17, 15) is 24.9 Å². The number of rotatable bonds is 11. The highest BCUT2D eigenvalue weighted by Gasteiger charge is 2.35. The van der Waals surface area contributed by atoms with Gasteiger partial charge >= 0.3 is 0 Å². The molecule has 10 nitrogen and oxygen atoms in total. The van der Waals surface area contributed by atoms with Crippen molar-refractivity contribution in [1.82, 2.24) is 15.1 Å². The van der Waals surface area contributed by atoms with Gasteiger partial charge in [0.25, 0.3) is 5.91 Å². The fourth-order valence-corrected chi connectivity index (χ4v) is 5.15. The Bertz CT molecular complexity index is 1200. The number of hydrogen-bond acceptors (Lipinski definition) is 9. The number of aldehydes is 1. The van der Waals surface area contributed by atoms with Crippen molar-refractivity contribution in [3.8, 4) is 17.2 Å². The van der Waals surface area contributed by atoms with E-state index in [1.165, 1.54) is 0 Å². The van der Waals surface area contributed by atoms with E-state index in [1.54, 1.807) is 31.0 Å². The largest absolute Gasteiger partial charge is 0.507 e. The number of amides is 1. The van der Waals surface area contributed by atoms with E-state index in [-0.39, 0.29) is 41.3 Å². The average Bonchev–Trinajstić information content (AvgIpc) is 3.27. The van der Waals surface area contributed by atoms with Crippen LogP contribution in [0.1, 0.15) is 45.5 Å². The molecular weight excluding hydrogens is 488 g/mol.